The van der Waals surface area contributed by atoms with E-state index >= 15 is 0 Å². The minimum absolute atomic E-state index is 0.0346. The summed E-state index contributed by atoms with van der Waals surface area (Å²) < 4.78 is 67.0. The number of ether oxygens (including phenoxy) is 1. The Bertz CT molecular complexity index is 918. The van der Waals surface area contributed by atoms with Gasteiger partial charge in [0.05, 0.1) is 18.0 Å². The molecule has 0 aromatic heterocycles. The number of benzene rings is 2. The fraction of sp³-hybridized carbons (Fsp3) is 0.263. The zero-order chi connectivity index (χ0) is 25.0. The van der Waals surface area contributed by atoms with Gasteiger partial charge in [0.15, 0.2) is 0 Å². The molecule has 186 valence electrons. The van der Waals surface area contributed by atoms with Crippen LogP contribution in [0.15, 0.2) is 60.7 Å². The first-order valence-corrected chi connectivity index (χ1v) is 11.5. The topological polar surface area (TPSA) is 130 Å². The fourth-order valence-corrected chi connectivity index (χ4v) is 3.53. The first-order valence-electron chi connectivity index (χ1n) is 9.73. The molecule has 0 spiro atoms. The zero-order valence-electron chi connectivity index (χ0n) is 17.9. The molecular weight excluding hydrogens is 482 g/mol. The number of hydrogen-bond donors (Lipinski definition) is 4. The van der Waals surface area contributed by atoms with Gasteiger partial charge in [0, 0.05) is 0 Å². The molecule has 4 N–H and O–H groups in total. The Morgan fingerprint density at radius 1 is 0.912 bits per heavy atom. The molecule has 0 saturated carbocycles. The lowest BCUT2D eigenvalue weighted by Gasteiger charge is -2.27. The highest BCUT2D eigenvalue weighted by Gasteiger charge is 2.46. The van der Waals surface area contributed by atoms with Gasteiger partial charge in [-0.25, -0.2) is 0 Å². The normalized spacial score (nSPS) is 11.5. The Morgan fingerprint density at radius 3 is 1.79 bits per heavy atom. The maximum Gasteiger partial charge on any atom is 0.471 e. The van der Waals surface area contributed by atoms with Gasteiger partial charge in [-0.2, -0.15) is 22.4 Å². The summed E-state index contributed by atoms with van der Waals surface area (Å²) in [6.45, 7) is 0.160. The van der Waals surface area contributed by atoms with E-state index in [-0.39, 0.29) is 11.5 Å². The van der Waals surface area contributed by atoms with Crippen molar-refractivity contribution in [2.24, 2.45) is 0 Å². The number of halogens is 3. The van der Waals surface area contributed by atoms with E-state index in [2.05, 4.69) is 26.8 Å². The zero-order valence-corrected chi connectivity index (χ0v) is 18.8. The van der Waals surface area contributed by atoms with Crippen LogP contribution >= 0.6 is 7.60 Å². The highest BCUT2D eigenvalue weighted by molar-refractivity contribution is 7.53. The number of esters is 1. The Hall–Kier alpha value is -3.16. The monoisotopic (exact) mass is 505 g/mol. The van der Waals surface area contributed by atoms with Crippen molar-refractivity contribution >= 4 is 30.8 Å². The van der Waals surface area contributed by atoms with E-state index in [0.29, 0.717) is 11.4 Å². The van der Waals surface area contributed by atoms with Gasteiger partial charge in [-0.15, -0.1) is 11.2 Å². The molecule has 0 fully saturated rings. The third-order valence-corrected chi connectivity index (χ3v) is 5.23. The van der Waals surface area contributed by atoms with Crippen LogP contribution in [0.25, 0.3) is 0 Å². The molecular formula is C19H23F3N5O6P. The van der Waals surface area contributed by atoms with Gasteiger partial charge in [0.1, 0.15) is 12.8 Å². The average Bonchev–Trinajstić information content (AvgIpc) is 2.79. The van der Waals surface area contributed by atoms with Crippen LogP contribution < -0.4 is 22.0 Å². The minimum Gasteiger partial charge on any atom is -0.465 e. The van der Waals surface area contributed by atoms with Crippen molar-refractivity contribution in [3.05, 3.63) is 60.7 Å². The van der Waals surface area contributed by atoms with Crippen molar-refractivity contribution in [2.45, 2.75) is 13.1 Å². The van der Waals surface area contributed by atoms with Crippen LogP contribution in [0.3, 0.4) is 0 Å². The predicted octanol–water partition coefficient (Wildman–Crippen LogP) is 3.19. The van der Waals surface area contributed by atoms with Crippen LogP contribution in [0.1, 0.15) is 6.92 Å². The Labute approximate surface area is 192 Å². The largest absolute Gasteiger partial charge is 0.471 e. The number of hydrazine groups is 2. The smallest absolute Gasteiger partial charge is 0.465 e. The van der Waals surface area contributed by atoms with Crippen molar-refractivity contribution in [1.29, 1.82) is 0 Å². The molecule has 0 atom stereocenters. The Balaban J connectivity index is 2.15. The summed E-state index contributed by atoms with van der Waals surface area (Å²) in [5.41, 5.74) is 10.2. The summed E-state index contributed by atoms with van der Waals surface area (Å²) in [5, 5.41) is 0. The molecule has 0 aliphatic heterocycles. The molecule has 15 heteroatoms. The van der Waals surface area contributed by atoms with Gasteiger partial charge >= 0.3 is 25.6 Å². The minimum atomic E-state index is -5.36. The highest BCUT2D eigenvalue weighted by atomic mass is 31.2. The van der Waals surface area contributed by atoms with Crippen LogP contribution in [0.2, 0.25) is 0 Å². The number of nitrogens with zero attached hydrogens (tertiary/aromatic N) is 1. The fourth-order valence-electron chi connectivity index (χ4n) is 2.36. The van der Waals surface area contributed by atoms with Crippen LogP contribution in [0.5, 0.6) is 0 Å². The van der Waals surface area contributed by atoms with Gasteiger partial charge < -0.3 is 9.64 Å². The molecule has 0 heterocycles. The van der Waals surface area contributed by atoms with Gasteiger partial charge in [-0.3, -0.25) is 25.0 Å². The molecule has 1 amide bonds. The molecule has 0 aliphatic carbocycles. The summed E-state index contributed by atoms with van der Waals surface area (Å²) in [7, 11) is -4.60. The summed E-state index contributed by atoms with van der Waals surface area (Å²) in [6.07, 6.45) is -6.61. The third kappa shape index (κ3) is 9.37. The molecule has 2 aromatic rings. The molecule has 2 rings (SSSR count). The second-order valence-electron chi connectivity index (χ2n) is 6.43. The first kappa shape index (κ1) is 27.1. The van der Waals surface area contributed by atoms with E-state index in [1.807, 2.05) is 0 Å². The average molecular weight is 505 g/mol. The standard InChI is InChI=1S/C19H23F3N5O6P/c1-2-31-17(28)13-27(18(29)19(20,21)22)14-34(30,32-25-23-15-9-5-3-6-10-15)33-26-24-16-11-7-4-8-12-16/h3-12,23-26H,2,13-14H2,1H3. The lowest BCUT2D eigenvalue weighted by atomic mass is 10.3. The number of anilines is 2. The number of para-hydroxylation sites is 2. The second-order valence-corrected chi connectivity index (χ2v) is 8.30. The van der Waals surface area contributed by atoms with Crippen LogP contribution in [-0.2, 0) is 28.1 Å². The first-order chi connectivity index (χ1) is 16.1. The summed E-state index contributed by atoms with van der Waals surface area (Å²) >= 11 is 0. The number of alkyl halides is 3. The van der Waals surface area contributed by atoms with Crippen LogP contribution in [0.4, 0.5) is 24.5 Å². The summed E-state index contributed by atoms with van der Waals surface area (Å²) in [6, 6.07) is 16.6. The lowest BCUT2D eigenvalue weighted by molar-refractivity contribution is -0.186. The van der Waals surface area contributed by atoms with Crippen LogP contribution in [0, 0.1) is 0 Å². The lowest BCUT2D eigenvalue weighted by Crippen LogP contribution is -2.45. The SMILES string of the molecule is CCOC(=O)CN(CP(=O)(ONNc1ccccc1)ONNc1ccccc1)C(=O)C(F)(F)F. The third-order valence-electron chi connectivity index (χ3n) is 3.81. The quantitative estimate of drug-likeness (QED) is 0.183. The van der Waals surface area contributed by atoms with Crippen LogP contribution in [-0.4, -0.2) is 42.4 Å². The molecule has 0 radical (unpaired) electrons. The van der Waals surface area contributed by atoms with E-state index in [4.69, 9.17) is 9.25 Å². The predicted molar refractivity (Wildman–Crippen MR) is 115 cm³/mol. The molecule has 0 saturated heterocycles. The van der Waals surface area contributed by atoms with E-state index in [1.54, 1.807) is 60.7 Å². The molecule has 11 nitrogen and oxygen atoms in total. The second kappa shape index (κ2) is 12.9. The number of nitrogens with one attached hydrogen (secondary N) is 4. The van der Waals surface area contributed by atoms with Crippen molar-refractivity contribution in [3.8, 4) is 0 Å². The van der Waals surface area contributed by atoms with Crippen molar-refractivity contribution < 1.29 is 41.3 Å². The Kier molecular flexibility index (Phi) is 10.3. The number of carbonyl (C=O) groups excluding carboxylic acids is 2. The van der Waals surface area contributed by atoms with E-state index in [1.165, 1.54) is 6.92 Å². The maximum atomic E-state index is 13.2. The van der Waals surface area contributed by atoms with E-state index < -0.39 is 38.5 Å². The number of rotatable bonds is 13. The van der Waals surface area contributed by atoms with Crippen molar-refractivity contribution in [1.82, 2.24) is 16.1 Å². The van der Waals surface area contributed by atoms with Gasteiger partial charge in [-0.1, -0.05) is 36.4 Å². The highest BCUT2D eigenvalue weighted by Crippen LogP contribution is 2.47. The summed E-state index contributed by atoms with van der Waals surface area (Å²) in [5.74, 6) is -3.57. The van der Waals surface area contributed by atoms with Crippen molar-refractivity contribution in [3.63, 3.8) is 0 Å². The molecule has 0 unspecified atom stereocenters. The van der Waals surface area contributed by atoms with Gasteiger partial charge in [0.25, 0.3) is 0 Å². The number of hydrogen-bond acceptors (Lipinski definition) is 10. The molecule has 0 bridgehead atoms. The molecule has 2 aromatic carbocycles. The van der Waals surface area contributed by atoms with Crippen molar-refractivity contribution in [2.75, 3.05) is 30.3 Å². The maximum absolute atomic E-state index is 13.2. The van der Waals surface area contributed by atoms with Gasteiger partial charge in [-0.05, 0) is 31.2 Å². The molecule has 0 aliphatic rings. The summed E-state index contributed by atoms with van der Waals surface area (Å²) in [4.78, 5) is 23.6. The van der Waals surface area contributed by atoms with E-state index in [0.717, 1.165) is 0 Å². The van der Waals surface area contributed by atoms with Gasteiger partial charge in [0.2, 0.25) is 0 Å². The molecule has 34 heavy (non-hydrogen) atoms. The van der Waals surface area contributed by atoms with E-state index in [9.17, 15) is 27.3 Å². The number of carbonyl (C=O) groups is 2. The Morgan fingerprint density at radius 2 is 1.38 bits per heavy atom. The number of amides is 1.